The molecule has 1 aliphatic rings. The van der Waals surface area contributed by atoms with E-state index in [4.69, 9.17) is 9.84 Å². The fourth-order valence-corrected chi connectivity index (χ4v) is 3.28. The molecule has 28 heavy (non-hydrogen) atoms. The van der Waals surface area contributed by atoms with E-state index in [2.05, 4.69) is 0 Å². The number of hydrogen-bond acceptors (Lipinski definition) is 4. The van der Waals surface area contributed by atoms with Crippen molar-refractivity contribution in [2.45, 2.75) is 32.7 Å². The van der Waals surface area contributed by atoms with Crippen LogP contribution in [0.15, 0.2) is 42.5 Å². The molecule has 0 spiro atoms. The number of benzene rings is 2. The zero-order valence-electron chi connectivity index (χ0n) is 15.8. The Hall–Kier alpha value is -3.15. The SMILES string of the molecule is CC(=O)c1cccc(OCCCC(=O)N2CCc3ccc(C(=O)O)cc3C2)c1. The van der Waals surface area contributed by atoms with Crippen molar-refractivity contribution in [1.29, 1.82) is 0 Å². The van der Waals surface area contributed by atoms with Gasteiger partial charge in [-0.2, -0.15) is 0 Å². The molecule has 0 saturated carbocycles. The number of ether oxygens (including phenoxy) is 1. The molecule has 3 rings (SSSR count). The van der Waals surface area contributed by atoms with Gasteiger partial charge in [0.05, 0.1) is 12.2 Å². The molecular weight excluding hydrogens is 358 g/mol. The lowest BCUT2D eigenvalue weighted by Gasteiger charge is -2.29. The molecule has 1 amide bonds. The highest BCUT2D eigenvalue weighted by molar-refractivity contribution is 5.94. The van der Waals surface area contributed by atoms with Crippen molar-refractivity contribution in [3.05, 3.63) is 64.7 Å². The highest BCUT2D eigenvalue weighted by atomic mass is 16.5. The van der Waals surface area contributed by atoms with Crippen molar-refractivity contribution in [3.63, 3.8) is 0 Å². The van der Waals surface area contributed by atoms with Gasteiger partial charge in [0, 0.05) is 25.1 Å². The number of rotatable bonds is 7. The lowest BCUT2D eigenvalue weighted by atomic mass is 9.97. The highest BCUT2D eigenvalue weighted by Gasteiger charge is 2.21. The molecule has 0 atom stereocenters. The van der Waals surface area contributed by atoms with E-state index >= 15 is 0 Å². The lowest BCUT2D eigenvalue weighted by molar-refractivity contribution is -0.132. The average molecular weight is 381 g/mol. The van der Waals surface area contributed by atoms with Gasteiger partial charge in [0.15, 0.2) is 5.78 Å². The van der Waals surface area contributed by atoms with Crippen LogP contribution in [0, 0.1) is 0 Å². The van der Waals surface area contributed by atoms with Crippen LogP contribution >= 0.6 is 0 Å². The number of fused-ring (bicyclic) bond motifs is 1. The van der Waals surface area contributed by atoms with Gasteiger partial charge in [0.1, 0.15) is 5.75 Å². The number of carbonyl (C=O) groups excluding carboxylic acids is 2. The first-order chi connectivity index (χ1) is 13.4. The van der Waals surface area contributed by atoms with Crippen LogP contribution in [0.2, 0.25) is 0 Å². The Morgan fingerprint density at radius 3 is 2.64 bits per heavy atom. The number of ketones is 1. The van der Waals surface area contributed by atoms with Crippen molar-refractivity contribution >= 4 is 17.7 Å². The molecule has 1 aliphatic heterocycles. The summed E-state index contributed by atoms with van der Waals surface area (Å²) in [6.07, 6.45) is 1.66. The van der Waals surface area contributed by atoms with E-state index < -0.39 is 5.97 Å². The quantitative estimate of drug-likeness (QED) is 0.587. The summed E-state index contributed by atoms with van der Waals surface area (Å²) >= 11 is 0. The average Bonchev–Trinajstić information content (AvgIpc) is 2.70. The van der Waals surface area contributed by atoms with Crippen LogP contribution in [-0.4, -0.2) is 40.8 Å². The van der Waals surface area contributed by atoms with E-state index in [9.17, 15) is 14.4 Å². The van der Waals surface area contributed by atoms with E-state index in [1.807, 2.05) is 6.07 Å². The minimum absolute atomic E-state index is 0.0166. The number of Topliss-reactive ketones (excluding diaryl/α,β-unsaturated/α-hetero) is 1. The first-order valence-electron chi connectivity index (χ1n) is 9.30. The second-order valence-corrected chi connectivity index (χ2v) is 6.89. The molecule has 0 fully saturated rings. The van der Waals surface area contributed by atoms with Gasteiger partial charge >= 0.3 is 5.97 Å². The first-order valence-corrected chi connectivity index (χ1v) is 9.30. The van der Waals surface area contributed by atoms with E-state index in [1.165, 1.54) is 6.92 Å². The molecule has 2 aromatic carbocycles. The number of carboxylic acids is 1. The third-order valence-electron chi connectivity index (χ3n) is 4.86. The van der Waals surface area contributed by atoms with Gasteiger partial charge in [-0.3, -0.25) is 9.59 Å². The van der Waals surface area contributed by atoms with E-state index in [-0.39, 0.29) is 17.3 Å². The Morgan fingerprint density at radius 1 is 1.07 bits per heavy atom. The smallest absolute Gasteiger partial charge is 0.335 e. The van der Waals surface area contributed by atoms with Crippen LogP contribution in [0.4, 0.5) is 0 Å². The molecule has 146 valence electrons. The van der Waals surface area contributed by atoms with Crippen LogP contribution in [0.25, 0.3) is 0 Å². The van der Waals surface area contributed by atoms with E-state index in [0.717, 1.165) is 17.5 Å². The standard InChI is InChI=1S/C22H23NO5/c1-15(24)17-4-2-5-20(13-17)28-11-3-6-21(25)23-10-9-16-7-8-18(22(26)27)12-19(16)14-23/h2,4-5,7-8,12-13H,3,6,9-11,14H2,1H3,(H,26,27). The van der Waals surface area contributed by atoms with E-state index in [0.29, 0.717) is 43.9 Å². The maximum atomic E-state index is 12.5. The number of aromatic carboxylic acids is 1. The molecule has 1 heterocycles. The summed E-state index contributed by atoms with van der Waals surface area (Å²) in [5.41, 5.74) is 2.84. The monoisotopic (exact) mass is 381 g/mol. The van der Waals surface area contributed by atoms with Crippen molar-refractivity contribution < 1.29 is 24.2 Å². The fraction of sp³-hybridized carbons (Fsp3) is 0.318. The van der Waals surface area contributed by atoms with Gasteiger partial charge in [-0.25, -0.2) is 4.79 Å². The predicted molar refractivity (Wildman–Crippen MR) is 104 cm³/mol. The van der Waals surface area contributed by atoms with Gasteiger partial charge in [-0.15, -0.1) is 0 Å². The normalized spacial score (nSPS) is 13.0. The maximum absolute atomic E-state index is 12.5. The molecule has 0 saturated heterocycles. The summed E-state index contributed by atoms with van der Waals surface area (Å²) < 4.78 is 5.64. The number of carbonyl (C=O) groups is 3. The van der Waals surface area contributed by atoms with E-state index in [1.54, 1.807) is 41.3 Å². The minimum atomic E-state index is -0.961. The topological polar surface area (TPSA) is 83.9 Å². The Balaban J connectivity index is 1.49. The molecular formula is C22H23NO5. The third-order valence-corrected chi connectivity index (χ3v) is 4.86. The molecule has 0 aliphatic carbocycles. The lowest BCUT2D eigenvalue weighted by Crippen LogP contribution is -2.36. The highest BCUT2D eigenvalue weighted by Crippen LogP contribution is 2.21. The number of hydrogen-bond donors (Lipinski definition) is 1. The van der Waals surface area contributed by atoms with Crippen molar-refractivity contribution in [2.75, 3.05) is 13.2 Å². The largest absolute Gasteiger partial charge is 0.494 e. The third kappa shape index (κ3) is 4.76. The summed E-state index contributed by atoms with van der Waals surface area (Å²) in [5.74, 6) is -0.324. The van der Waals surface area contributed by atoms with Crippen molar-refractivity contribution in [2.24, 2.45) is 0 Å². The molecule has 0 bridgehead atoms. The van der Waals surface area contributed by atoms with Crippen LogP contribution in [0.3, 0.4) is 0 Å². The van der Waals surface area contributed by atoms with Gasteiger partial charge in [-0.1, -0.05) is 18.2 Å². The Morgan fingerprint density at radius 2 is 1.89 bits per heavy atom. The van der Waals surface area contributed by atoms with Crippen molar-refractivity contribution in [1.82, 2.24) is 4.90 Å². The summed E-state index contributed by atoms with van der Waals surface area (Å²) in [6.45, 7) is 2.98. The Bertz CT molecular complexity index is 906. The van der Waals surface area contributed by atoms with Crippen molar-refractivity contribution in [3.8, 4) is 5.75 Å². The molecule has 0 aromatic heterocycles. The Kier molecular flexibility index (Phi) is 6.09. The zero-order chi connectivity index (χ0) is 20.1. The maximum Gasteiger partial charge on any atom is 0.335 e. The first kappa shape index (κ1) is 19.6. The second kappa shape index (κ2) is 8.69. The van der Waals surface area contributed by atoms with Crippen LogP contribution in [0.1, 0.15) is 51.6 Å². The van der Waals surface area contributed by atoms with Crippen LogP contribution in [-0.2, 0) is 17.8 Å². The van der Waals surface area contributed by atoms with Gasteiger partial charge < -0.3 is 14.7 Å². The Labute approximate surface area is 163 Å². The number of amides is 1. The second-order valence-electron chi connectivity index (χ2n) is 6.89. The van der Waals surface area contributed by atoms with Gasteiger partial charge in [-0.05, 0) is 55.2 Å². The summed E-state index contributed by atoms with van der Waals surface area (Å²) in [6, 6.07) is 12.1. The molecule has 0 radical (unpaired) electrons. The zero-order valence-corrected chi connectivity index (χ0v) is 15.8. The minimum Gasteiger partial charge on any atom is -0.494 e. The number of carboxylic acid groups (broad SMARTS) is 1. The summed E-state index contributed by atoms with van der Waals surface area (Å²) in [5, 5.41) is 9.13. The number of nitrogens with zero attached hydrogens (tertiary/aromatic N) is 1. The van der Waals surface area contributed by atoms with Gasteiger partial charge in [0.25, 0.3) is 0 Å². The van der Waals surface area contributed by atoms with Crippen LogP contribution < -0.4 is 4.74 Å². The molecule has 0 unspecified atom stereocenters. The fourth-order valence-electron chi connectivity index (χ4n) is 3.28. The predicted octanol–water partition coefficient (Wildman–Crippen LogP) is 3.33. The molecule has 1 N–H and O–H groups in total. The summed E-state index contributed by atoms with van der Waals surface area (Å²) in [7, 11) is 0. The van der Waals surface area contributed by atoms with Gasteiger partial charge in [0.2, 0.25) is 5.91 Å². The summed E-state index contributed by atoms with van der Waals surface area (Å²) in [4.78, 5) is 36.8. The molecule has 6 heteroatoms. The molecule has 6 nitrogen and oxygen atoms in total. The van der Waals surface area contributed by atoms with Crippen LogP contribution in [0.5, 0.6) is 5.75 Å². The molecule has 2 aromatic rings.